The van der Waals surface area contributed by atoms with Crippen LogP contribution in [0.4, 0.5) is 4.39 Å². The summed E-state index contributed by atoms with van der Waals surface area (Å²) in [5.41, 5.74) is 0.287. The minimum Gasteiger partial charge on any atom is -0.300 e. The zero-order chi connectivity index (χ0) is 15.6. The van der Waals surface area contributed by atoms with Gasteiger partial charge in [0.25, 0.3) is 5.56 Å². The molecule has 0 aliphatic rings. The molecule has 1 N–H and O–H groups in total. The zero-order valence-electron chi connectivity index (χ0n) is 10.7. The highest BCUT2D eigenvalue weighted by Gasteiger charge is 2.19. The number of aromatic nitrogens is 2. The summed E-state index contributed by atoms with van der Waals surface area (Å²) in [4.78, 5) is 18.7. The normalized spacial score (nSPS) is 10.4. The van der Waals surface area contributed by atoms with Gasteiger partial charge in [0.15, 0.2) is 5.16 Å². The van der Waals surface area contributed by atoms with Crippen LogP contribution in [0.3, 0.4) is 0 Å². The van der Waals surface area contributed by atoms with E-state index >= 15 is 0 Å². The van der Waals surface area contributed by atoms with E-state index in [0.29, 0.717) is 20.8 Å². The molecule has 2 aromatic rings. The number of thioether (sulfide) groups is 1. The first kappa shape index (κ1) is 16.2. The standard InChI is InChI=1S/C13H8Br2FN3OS/c1-21-13-18-11(8(5-17)12(20)19-13)6-2-3-9(15)10(16)7(6)4-14/h2-3H,4H2,1H3,(H,18,19,20). The maximum Gasteiger partial charge on any atom is 0.270 e. The molecule has 1 aromatic heterocycles. The molecule has 8 heteroatoms. The van der Waals surface area contributed by atoms with Crippen LogP contribution in [0.15, 0.2) is 26.6 Å². The molecule has 108 valence electrons. The predicted molar refractivity (Wildman–Crippen MR) is 87.1 cm³/mol. The summed E-state index contributed by atoms with van der Waals surface area (Å²) in [6.07, 6.45) is 1.75. The average molecular weight is 433 g/mol. The third-order valence-corrected chi connectivity index (χ3v) is 4.54. The number of nitrogens with one attached hydrogen (secondary N) is 1. The lowest BCUT2D eigenvalue weighted by Crippen LogP contribution is -2.15. The Morgan fingerprint density at radius 3 is 2.81 bits per heavy atom. The summed E-state index contributed by atoms with van der Waals surface area (Å²) in [5, 5.41) is 9.79. The number of nitrogens with zero attached hydrogens (tertiary/aromatic N) is 2. The van der Waals surface area contributed by atoms with Crippen LogP contribution in [0, 0.1) is 17.1 Å². The zero-order valence-corrected chi connectivity index (χ0v) is 14.7. The Bertz CT molecular complexity index is 801. The molecule has 0 saturated carbocycles. The lowest BCUT2D eigenvalue weighted by atomic mass is 10.0. The van der Waals surface area contributed by atoms with Gasteiger partial charge in [-0.15, -0.1) is 0 Å². The summed E-state index contributed by atoms with van der Waals surface area (Å²) >= 11 is 7.59. The number of hydrogen-bond acceptors (Lipinski definition) is 4. The van der Waals surface area contributed by atoms with Gasteiger partial charge in [0.2, 0.25) is 0 Å². The third kappa shape index (κ3) is 3.05. The molecule has 0 radical (unpaired) electrons. The summed E-state index contributed by atoms with van der Waals surface area (Å²) in [5.74, 6) is -0.443. The molecule has 1 aromatic carbocycles. The molecule has 0 fully saturated rings. The predicted octanol–water partition coefficient (Wildman–Crippen LogP) is 3.83. The molecule has 0 atom stereocenters. The van der Waals surface area contributed by atoms with E-state index in [4.69, 9.17) is 0 Å². The lowest BCUT2D eigenvalue weighted by Gasteiger charge is -2.11. The molecular weight excluding hydrogens is 425 g/mol. The minimum absolute atomic E-state index is 0.128. The Morgan fingerprint density at radius 1 is 1.52 bits per heavy atom. The molecule has 21 heavy (non-hydrogen) atoms. The fourth-order valence-corrected chi connectivity index (χ4v) is 3.09. The molecule has 4 nitrogen and oxygen atoms in total. The number of nitriles is 1. The van der Waals surface area contributed by atoms with Crippen molar-refractivity contribution >= 4 is 43.6 Å². The quantitative estimate of drug-likeness (QED) is 0.454. The maximum atomic E-state index is 14.2. The van der Waals surface area contributed by atoms with E-state index in [1.165, 1.54) is 17.8 Å². The van der Waals surface area contributed by atoms with Crippen LogP contribution in [0.25, 0.3) is 11.3 Å². The minimum atomic E-state index is -0.532. The Morgan fingerprint density at radius 2 is 2.24 bits per heavy atom. The van der Waals surface area contributed by atoms with Crippen molar-refractivity contribution in [1.29, 1.82) is 5.26 Å². The van der Waals surface area contributed by atoms with Gasteiger partial charge in [-0.25, -0.2) is 9.37 Å². The topological polar surface area (TPSA) is 69.5 Å². The van der Waals surface area contributed by atoms with Crippen molar-refractivity contribution in [2.24, 2.45) is 0 Å². The monoisotopic (exact) mass is 431 g/mol. The average Bonchev–Trinajstić information content (AvgIpc) is 2.48. The molecule has 0 bridgehead atoms. The Kier molecular flexibility index (Phi) is 5.19. The van der Waals surface area contributed by atoms with E-state index in [0.717, 1.165) is 0 Å². The highest BCUT2D eigenvalue weighted by atomic mass is 79.9. The number of benzene rings is 1. The number of halogens is 3. The second-order valence-electron chi connectivity index (χ2n) is 3.93. The Labute approximate surface area is 141 Å². The van der Waals surface area contributed by atoms with Gasteiger partial charge in [0.05, 0.1) is 10.2 Å². The van der Waals surface area contributed by atoms with Crippen molar-refractivity contribution in [2.45, 2.75) is 10.5 Å². The fraction of sp³-hybridized carbons (Fsp3) is 0.154. The van der Waals surface area contributed by atoms with Gasteiger partial charge in [-0.05, 0) is 28.3 Å². The second kappa shape index (κ2) is 6.73. The SMILES string of the molecule is CSc1nc(-c2ccc(Br)c(F)c2CBr)c(C#N)c(=O)[nH]1. The molecule has 0 saturated heterocycles. The van der Waals surface area contributed by atoms with Crippen molar-refractivity contribution < 1.29 is 4.39 Å². The van der Waals surface area contributed by atoms with E-state index in [1.807, 2.05) is 6.07 Å². The van der Waals surface area contributed by atoms with Crippen molar-refractivity contribution in [3.63, 3.8) is 0 Å². The molecule has 0 amide bonds. The number of aromatic amines is 1. The summed E-state index contributed by atoms with van der Waals surface area (Å²) < 4.78 is 14.5. The van der Waals surface area contributed by atoms with E-state index in [1.54, 1.807) is 12.3 Å². The molecule has 1 heterocycles. The number of hydrogen-bond donors (Lipinski definition) is 1. The highest BCUT2D eigenvalue weighted by Crippen LogP contribution is 2.32. The first-order valence-corrected chi connectivity index (χ1v) is 8.79. The maximum absolute atomic E-state index is 14.2. The largest absolute Gasteiger partial charge is 0.300 e. The van der Waals surface area contributed by atoms with E-state index in [-0.39, 0.29) is 16.6 Å². The second-order valence-corrected chi connectivity index (χ2v) is 6.14. The van der Waals surface area contributed by atoms with Crippen molar-refractivity contribution in [3.05, 3.63) is 43.9 Å². The van der Waals surface area contributed by atoms with Gasteiger partial charge < -0.3 is 4.98 Å². The van der Waals surface area contributed by atoms with Gasteiger partial charge in [-0.1, -0.05) is 33.8 Å². The van der Waals surface area contributed by atoms with Gasteiger partial charge in [0.1, 0.15) is 17.4 Å². The number of rotatable bonds is 3. The first-order valence-electron chi connectivity index (χ1n) is 5.65. The van der Waals surface area contributed by atoms with Crippen LogP contribution in [-0.2, 0) is 5.33 Å². The van der Waals surface area contributed by atoms with Crippen LogP contribution < -0.4 is 5.56 Å². The van der Waals surface area contributed by atoms with E-state index < -0.39 is 11.4 Å². The molecule has 2 rings (SSSR count). The smallest absolute Gasteiger partial charge is 0.270 e. The van der Waals surface area contributed by atoms with Crippen LogP contribution >= 0.6 is 43.6 Å². The summed E-state index contributed by atoms with van der Waals surface area (Å²) in [7, 11) is 0. The molecule has 0 aliphatic carbocycles. The lowest BCUT2D eigenvalue weighted by molar-refractivity contribution is 0.611. The van der Waals surface area contributed by atoms with E-state index in [9.17, 15) is 14.4 Å². The van der Waals surface area contributed by atoms with Crippen molar-refractivity contribution in [1.82, 2.24) is 9.97 Å². The highest BCUT2D eigenvalue weighted by molar-refractivity contribution is 9.10. The summed E-state index contributed by atoms with van der Waals surface area (Å²) in [6, 6.07) is 5.00. The van der Waals surface area contributed by atoms with Crippen LogP contribution in [0.1, 0.15) is 11.1 Å². The van der Waals surface area contributed by atoms with E-state index in [2.05, 4.69) is 41.8 Å². The number of H-pyrrole nitrogens is 1. The van der Waals surface area contributed by atoms with Crippen molar-refractivity contribution in [2.75, 3.05) is 6.26 Å². The number of alkyl halides is 1. The molecule has 0 spiro atoms. The molecule has 0 aliphatic heterocycles. The molecular formula is C13H8Br2FN3OS. The van der Waals surface area contributed by atoms with Crippen LogP contribution in [-0.4, -0.2) is 16.2 Å². The first-order chi connectivity index (χ1) is 10.0. The summed E-state index contributed by atoms with van der Waals surface area (Å²) in [6.45, 7) is 0. The third-order valence-electron chi connectivity index (χ3n) is 2.79. The van der Waals surface area contributed by atoms with Gasteiger partial charge in [0, 0.05) is 16.5 Å². The van der Waals surface area contributed by atoms with Gasteiger partial charge >= 0.3 is 0 Å². The molecule has 0 unspecified atom stereocenters. The van der Waals surface area contributed by atoms with Crippen molar-refractivity contribution in [3.8, 4) is 17.3 Å². The van der Waals surface area contributed by atoms with Gasteiger partial charge in [-0.2, -0.15) is 5.26 Å². The Balaban J connectivity index is 2.85. The van der Waals surface area contributed by atoms with Crippen LogP contribution in [0.5, 0.6) is 0 Å². The Hall–Kier alpha value is -1.17. The fourth-order valence-electron chi connectivity index (χ4n) is 1.79. The van der Waals surface area contributed by atoms with Crippen LogP contribution in [0.2, 0.25) is 0 Å². The van der Waals surface area contributed by atoms with Gasteiger partial charge in [-0.3, -0.25) is 4.79 Å².